The Bertz CT molecular complexity index is 1520. The van der Waals surface area contributed by atoms with Gasteiger partial charge in [0.1, 0.15) is 23.4 Å². The Labute approximate surface area is 223 Å². The third-order valence-electron chi connectivity index (χ3n) is 6.60. The summed E-state index contributed by atoms with van der Waals surface area (Å²) in [5.41, 5.74) is 1.23. The van der Waals surface area contributed by atoms with Crippen LogP contribution in [-0.4, -0.2) is 72.5 Å². The molecule has 11 nitrogen and oxygen atoms in total. The summed E-state index contributed by atoms with van der Waals surface area (Å²) in [5.74, 6) is -0.954. The first-order valence-electron chi connectivity index (χ1n) is 12.6. The molecule has 2 atom stereocenters. The Hall–Kier alpha value is -4.13. The number of carbonyl (C=O) groups excluding carboxylic acids is 1. The molecule has 1 aliphatic heterocycles. The van der Waals surface area contributed by atoms with Crippen molar-refractivity contribution >= 4 is 23.1 Å². The Morgan fingerprint density at radius 2 is 2.10 bits per heavy atom. The van der Waals surface area contributed by atoms with Gasteiger partial charge in [0.15, 0.2) is 5.65 Å². The topological polar surface area (TPSA) is 118 Å². The second-order valence-electron chi connectivity index (χ2n) is 10.7. The highest BCUT2D eigenvalue weighted by Crippen LogP contribution is 2.31. The lowest BCUT2D eigenvalue weighted by atomic mass is 10.0. The van der Waals surface area contributed by atoms with Crippen LogP contribution < -0.4 is 10.6 Å². The number of halogens is 2. The fourth-order valence-electron chi connectivity index (χ4n) is 4.50. The van der Waals surface area contributed by atoms with Crippen molar-refractivity contribution in [3.05, 3.63) is 54.5 Å². The van der Waals surface area contributed by atoms with Crippen LogP contribution in [0.1, 0.15) is 49.1 Å². The molecule has 0 bridgehead atoms. The quantitative estimate of drug-likeness (QED) is 0.365. The van der Waals surface area contributed by atoms with Crippen molar-refractivity contribution in [2.75, 3.05) is 25.5 Å². The van der Waals surface area contributed by atoms with Crippen LogP contribution in [0, 0.1) is 0 Å². The number of aromatic nitrogens is 6. The molecule has 1 saturated heterocycles. The Morgan fingerprint density at radius 3 is 2.79 bits per heavy atom. The zero-order valence-corrected chi connectivity index (χ0v) is 22.3. The maximum atomic E-state index is 14.7. The summed E-state index contributed by atoms with van der Waals surface area (Å²) in [6, 6.07) is 3.08. The minimum atomic E-state index is -1.06. The van der Waals surface area contributed by atoms with Gasteiger partial charge in [-0.05, 0) is 46.4 Å². The molecule has 0 spiro atoms. The maximum Gasteiger partial charge on any atom is 0.254 e. The molecular weight excluding hydrogens is 508 g/mol. The van der Waals surface area contributed by atoms with Gasteiger partial charge in [-0.2, -0.15) is 10.1 Å². The van der Waals surface area contributed by atoms with Gasteiger partial charge < -0.3 is 20.1 Å². The van der Waals surface area contributed by atoms with Gasteiger partial charge >= 0.3 is 0 Å². The number of hydrogen-bond acceptors (Lipinski definition) is 8. The number of piperidine rings is 1. The number of fused-ring (bicyclic) bond motifs is 1. The number of nitrogens with one attached hydrogen (secondary N) is 2. The number of imidazole rings is 1. The molecule has 39 heavy (non-hydrogen) atoms. The standard InChI is InChI=1S/C26H31F2N9O2/c1-15(27)22-21(33-24-19(7-6-9-36(22)24)31-18-8-10-35(5)14-17(18)28)23-32-20(39-34-23)12-29-25(38)16-11-30-37(13-16)26(2,3)4/h6-7,9,11,13,17-18,31H,1,8,10,12,14H2,2-5H3,(H,29,38)/t17-,18+/m0/s1. The van der Waals surface area contributed by atoms with Gasteiger partial charge in [0.25, 0.3) is 5.91 Å². The van der Waals surface area contributed by atoms with E-state index in [1.165, 1.54) is 10.6 Å². The molecule has 0 saturated carbocycles. The molecule has 1 fully saturated rings. The summed E-state index contributed by atoms with van der Waals surface area (Å²) < 4.78 is 37.9. The summed E-state index contributed by atoms with van der Waals surface area (Å²) in [6.45, 7) is 10.4. The van der Waals surface area contributed by atoms with Crippen LogP contribution in [0.2, 0.25) is 0 Å². The van der Waals surface area contributed by atoms with Crippen LogP contribution in [0.25, 0.3) is 23.0 Å². The number of rotatable bonds is 7. The van der Waals surface area contributed by atoms with Crippen LogP contribution in [0.15, 0.2) is 41.8 Å². The third-order valence-corrected chi connectivity index (χ3v) is 6.60. The molecule has 13 heteroatoms. The van der Waals surface area contributed by atoms with E-state index in [1.807, 2.05) is 32.7 Å². The number of anilines is 1. The van der Waals surface area contributed by atoms with E-state index in [2.05, 4.69) is 37.4 Å². The summed E-state index contributed by atoms with van der Waals surface area (Å²) in [4.78, 5) is 23.4. The van der Waals surface area contributed by atoms with Crippen molar-refractivity contribution in [1.82, 2.24) is 39.5 Å². The first-order chi connectivity index (χ1) is 18.5. The summed E-state index contributed by atoms with van der Waals surface area (Å²) in [5, 5.41) is 14.1. The van der Waals surface area contributed by atoms with Gasteiger partial charge in [-0.15, -0.1) is 0 Å². The van der Waals surface area contributed by atoms with Gasteiger partial charge in [-0.3, -0.25) is 13.9 Å². The summed E-state index contributed by atoms with van der Waals surface area (Å²) in [6.07, 6.45) is 4.33. The number of alkyl halides is 1. The van der Waals surface area contributed by atoms with E-state index >= 15 is 0 Å². The van der Waals surface area contributed by atoms with Crippen LogP contribution in [0.5, 0.6) is 0 Å². The highest BCUT2D eigenvalue weighted by atomic mass is 19.1. The van der Waals surface area contributed by atoms with Gasteiger partial charge in [-0.1, -0.05) is 11.7 Å². The predicted molar refractivity (Wildman–Crippen MR) is 141 cm³/mol. The number of carbonyl (C=O) groups is 1. The van der Waals surface area contributed by atoms with Crippen LogP contribution in [-0.2, 0) is 12.1 Å². The van der Waals surface area contributed by atoms with Crippen molar-refractivity contribution < 1.29 is 18.1 Å². The lowest BCUT2D eigenvalue weighted by Crippen LogP contribution is -2.46. The zero-order valence-electron chi connectivity index (χ0n) is 22.3. The summed E-state index contributed by atoms with van der Waals surface area (Å²) in [7, 11) is 1.88. The fraction of sp³-hybridized carbons (Fsp3) is 0.423. The molecular formula is C26H31F2N9O2. The molecule has 0 aliphatic carbocycles. The molecule has 1 aliphatic rings. The van der Waals surface area contributed by atoms with E-state index in [-0.39, 0.29) is 41.1 Å². The maximum absolute atomic E-state index is 14.7. The first kappa shape index (κ1) is 26.5. The van der Waals surface area contributed by atoms with Gasteiger partial charge in [-0.25, -0.2) is 13.8 Å². The average Bonchev–Trinajstić information content (AvgIpc) is 3.62. The molecule has 0 radical (unpaired) electrons. The zero-order chi connectivity index (χ0) is 27.9. The number of likely N-dealkylation sites (tertiary alicyclic amines) is 1. The summed E-state index contributed by atoms with van der Waals surface area (Å²) >= 11 is 0. The highest BCUT2D eigenvalue weighted by molar-refractivity contribution is 5.93. The van der Waals surface area contributed by atoms with Crippen LogP contribution >= 0.6 is 0 Å². The number of amides is 1. The van der Waals surface area contributed by atoms with E-state index in [4.69, 9.17) is 4.52 Å². The van der Waals surface area contributed by atoms with E-state index < -0.39 is 18.0 Å². The molecule has 5 heterocycles. The molecule has 0 unspecified atom stereocenters. The molecule has 4 aromatic rings. The van der Waals surface area contributed by atoms with E-state index in [9.17, 15) is 13.6 Å². The van der Waals surface area contributed by atoms with Crippen LogP contribution in [0.4, 0.5) is 14.5 Å². The number of nitrogens with zero attached hydrogens (tertiary/aromatic N) is 7. The fourth-order valence-corrected chi connectivity index (χ4v) is 4.50. The lowest BCUT2D eigenvalue weighted by molar-refractivity contribution is 0.0946. The minimum Gasteiger partial charge on any atom is -0.376 e. The van der Waals surface area contributed by atoms with Gasteiger partial charge in [0.2, 0.25) is 11.7 Å². The Morgan fingerprint density at radius 1 is 1.31 bits per heavy atom. The van der Waals surface area contributed by atoms with Crippen molar-refractivity contribution in [3.63, 3.8) is 0 Å². The number of hydrogen-bond donors (Lipinski definition) is 2. The third kappa shape index (κ3) is 5.39. The highest BCUT2D eigenvalue weighted by Gasteiger charge is 2.29. The molecule has 1 amide bonds. The smallest absolute Gasteiger partial charge is 0.254 e. The Balaban J connectivity index is 1.37. The van der Waals surface area contributed by atoms with Crippen molar-refractivity contribution in [2.24, 2.45) is 0 Å². The molecule has 206 valence electrons. The van der Waals surface area contributed by atoms with Crippen molar-refractivity contribution in [2.45, 2.75) is 51.5 Å². The minimum absolute atomic E-state index is 0.0333. The van der Waals surface area contributed by atoms with Gasteiger partial charge in [0.05, 0.1) is 35.6 Å². The second kappa shape index (κ2) is 10.2. The Kier molecular flexibility index (Phi) is 6.93. The van der Waals surface area contributed by atoms with Crippen molar-refractivity contribution in [1.29, 1.82) is 0 Å². The number of pyridine rings is 1. The second-order valence-corrected chi connectivity index (χ2v) is 10.7. The average molecular weight is 540 g/mol. The SMILES string of the molecule is C=C(F)c1c(-c2noc(CNC(=O)c3cnn(C(C)(C)C)c3)n2)nc2c(N[C@@H]3CCN(C)C[C@@H]3F)cccn12. The van der Waals surface area contributed by atoms with E-state index in [0.717, 1.165) is 6.54 Å². The molecule has 5 rings (SSSR count). The largest absolute Gasteiger partial charge is 0.376 e. The molecule has 4 aromatic heterocycles. The molecule has 2 N–H and O–H groups in total. The van der Waals surface area contributed by atoms with Crippen molar-refractivity contribution in [3.8, 4) is 11.5 Å². The predicted octanol–water partition coefficient (Wildman–Crippen LogP) is 3.66. The van der Waals surface area contributed by atoms with E-state index in [1.54, 1.807) is 29.2 Å². The normalized spacial score (nSPS) is 18.4. The van der Waals surface area contributed by atoms with Gasteiger partial charge in [0, 0.05) is 25.5 Å². The monoisotopic (exact) mass is 539 g/mol. The molecule has 0 aromatic carbocycles. The van der Waals surface area contributed by atoms with E-state index in [0.29, 0.717) is 29.9 Å². The van der Waals surface area contributed by atoms with Crippen LogP contribution in [0.3, 0.4) is 0 Å². The lowest BCUT2D eigenvalue weighted by Gasteiger charge is -2.33. The first-order valence-corrected chi connectivity index (χ1v) is 12.6.